The van der Waals surface area contributed by atoms with Crippen LogP contribution >= 0.6 is 0 Å². The second-order valence-electron chi connectivity index (χ2n) is 12.1. The molecular formula is C31H40N6O4. The van der Waals surface area contributed by atoms with E-state index in [0.29, 0.717) is 32.0 Å². The van der Waals surface area contributed by atoms with Gasteiger partial charge in [0, 0.05) is 74.2 Å². The lowest BCUT2D eigenvalue weighted by Crippen LogP contribution is -2.60. The Labute approximate surface area is 240 Å². The molecule has 4 amide bonds. The van der Waals surface area contributed by atoms with Crippen LogP contribution < -0.4 is 31.7 Å². The van der Waals surface area contributed by atoms with Crippen molar-refractivity contribution in [2.24, 2.45) is 11.8 Å². The van der Waals surface area contributed by atoms with Crippen molar-refractivity contribution in [2.45, 2.75) is 76.4 Å². The molecule has 218 valence electrons. The molecule has 1 unspecified atom stereocenters. The number of urea groups is 1. The van der Waals surface area contributed by atoms with E-state index in [2.05, 4.69) is 32.2 Å². The van der Waals surface area contributed by atoms with Gasteiger partial charge in [-0.05, 0) is 61.4 Å². The van der Waals surface area contributed by atoms with Crippen molar-refractivity contribution in [1.29, 1.82) is 0 Å². The smallest absolute Gasteiger partial charge is 0.315 e. The highest BCUT2D eigenvalue weighted by atomic mass is 16.2. The highest BCUT2D eigenvalue weighted by Crippen LogP contribution is 2.48. The van der Waals surface area contributed by atoms with Gasteiger partial charge in [0.05, 0.1) is 5.92 Å². The molecule has 1 saturated heterocycles. The number of nitrogens with one attached hydrogen (secondary N) is 4. The van der Waals surface area contributed by atoms with Gasteiger partial charge in [0.25, 0.3) is 5.56 Å². The summed E-state index contributed by atoms with van der Waals surface area (Å²) in [5.41, 5.74) is 3.86. The first-order chi connectivity index (χ1) is 19.9. The molecule has 1 aromatic heterocycles. The van der Waals surface area contributed by atoms with E-state index in [1.165, 1.54) is 13.3 Å². The van der Waals surface area contributed by atoms with Crippen LogP contribution in [0.15, 0.2) is 41.2 Å². The van der Waals surface area contributed by atoms with Crippen LogP contribution in [0.3, 0.4) is 0 Å². The van der Waals surface area contributed by atoms with Crippen molar-refractivity contribution in [3.63, 3.8) is 0 Å². The van der Waals surface area contributed by atoms with Crippen LogP contribution in [0.1, 0.15) is 62.6 Å². The van der Waals surface area contributed by atoms with E-state index in [1.54, 1.807) is 6.07 Å². The van der Waals surface area contributed by atoms with Gasteiger partial charge in [0.15, 0.2) is 0 Å². The number of hydrogen-bond donors (Lipinski definition) is 4. The van der Waals surface area contributed by atoms with Crippen LogP contribution in [0.2, 0.25) is 0 Å². The molecule has 0 spiro atoms. The number of carbonyl (C=O) groups excluding carboxylic acids is 3. The monoisotopic (exact) mass is 560 g/mol. The van der Waals surface area contributed by atoms with Crippen molar-refractivity contribution < 1.29 is 14.4 Å². The molecule has 4 heterocycles. The van der Waals surface area contributed by atoms with Gasteiger partial charge in [0.2, 0.25) is 11.8 Å². The second-order valence-corrected chi connectivity index (χ2v) is 12.1. The molecule has 1 aromatic carbocycles. The molecular weight excluding hydrogens is 520 g/mol. The maximum Gasteiger partial charge on any atom is 0.315 e. The van der Waals surface area contributed by atoms with Crippen molar-refractivity contribution in [3.05, 3.63) is 58.0 Å². The summed E-state index contributed by atoms with van der Waals surface area (Å²) in [6.45, 7) is 3.61. The maximum absolute atomic E-state index is 13.8. The number of hydrogen-bond acceptors (Lipinski definition) is 5. The SMILES string of the molecule is CC(=O)Nc1ccc2c(c1)CC(C(=O)NCCNC(=O)NC1CCCCC1)[C@H]1[C@@H]3C[C@H](CN21)Cn1c3cccc1=O. The summed E-state index contributed by atoms with van der Waals surface area (Å²) in [4.78, 5) is 53.0. The number of rotatable bonds is 6. The first-order valence-corrected chi connectivity index (χ1v) is 15.1. The van der Waals surface area contributed by atoms with Crippen molar-refractivity contribution in [1.82, 2.24) is 20.5 Å². The lowest BCUT2D eigenvalue weighted by atomic mass is 9.69. The second kappa shape index (κ2) is 11.6. The highest BCUT2D eigenvalue weighted by molar-refractivity contribution is 5.89. The topological polar surface area (TPSA) is 125 Å². The fourth-order valence-corrected chi connectivity index (χ4v) is 7.58. The van der Waals surface area contributed by atoms with Crippen molar-refractivity contribution >= 4 is 29.2 Å². The third-order valence-electron chi connectivity index (χ3n) is 9.27. The maximum atomic E-state index is 13.8. The van der Waals surface area contributed by atoms with Crippen LogP contribution in [0.5, 0.6) is 0 Å². The van der Waals surface area contributed by atoms with Crippen LogP contribution in [0, 0.1) is 11.8 Å². The first-order valence-electron chi connectivity index (χ1n) is 15.1. The molecule has 4 N–H and O–H groups in total. The molecule has 4 aliphatic rings. The van der Waals surface area contributed by atoms with Crippen LogP contribution in [-0.4, -0.2) is 54.1 Å². The Morgan fingerprint density at radius 2 is 1.78 bits per heavy atom. The third-order valence-corrected chi connectivity index (χ3v) is 9.27. The number of piperidine rings is 1. The third kappa shape index (κ3) is 5.69. The van der Waals surface area contributed by atoms with Crippen molar-refractivity contribution in [3.8, 4) is 0 Å². The minimum Gasteiger partial charge on any atom is -0.366 e. The van der Waals surface area contributed by atoms with E-state index >= 15 is 0 Å². The van der Waals surface area contributed by atoms with Crippen LogP contribution in [0.25, 0.3) is 0 Å². The molecule has 10 heteroatoms. The number of amides is 4. The molecule has 0 radical (unpaired) electrons. The number of anilines is 2. The lowest BCUT2D eigenvalue weighted by molar-refractivity contribution is -0.126. The summed E-state index contributed by atoms with van der Waals surface area (Å²) in [6.07, 6.45) is 7.04. The lowest BCUT2D eigenvalue weighted by Gasteiger charge is -2.54. The average Bonchev–Trinajstić information content (AvgIpc) is 2.95. The van der Waals surface area contributed by atoms with E-state index in [1.807, 2.05) is 28.8 Å². The van der Waals surface area contributed by atoms with E-state index in [0.717, 1.165) is 61.3 Å². The summed E-state index contributed by atoms with van der Waals surface area (Å²) in [6, 6.07) is 11.4. The van der Waals surface area contributed by atoms with Crippen LogP contribution in [-0.2, 0) is 22.6 Å². The Morgan fingerprint density at radius 3 is 2.59 bits per heavy atom. The molecule has 2 fully saturated rings. The van der Waals surface area contributed by atoms with E-state index in [-0.39, 0.29) is 47.3 Å². The van der Waals surface area contributed by atoms with E-state index in [9.17, 15) is 19.2 Å². The summed E-state index contributed by atoms with van der Waals surface area (Å²) >= 11 is 0. The summed E-state index contributed by atoms with van der Waals surface area (Å²) < 4.78 is 1.90. The quantitative estimate of drug-likeness (QED) is 0.405. The number of nitrogens with zero attached hydrogens (tertiary/aromatic N) is 2. The molecule has 6 rings (SSSR count). The molecule has 4 atom stereocenters. The predicted molar refractivity (Wildman–Crippen MR) is 157 cm³/mol. The zero-order valence-electron chi connectivity index (χ0n) is 23.7. The number of pyridine rings is 1. The van der Waals surface area contributed by atoms with Gasteiger partial charge >= 0.3 is 6.03 Å². The fraction of sp³-hybridized carbons (Fsp3) is 0.548. The van der Waals surface area contributed by atoms with Gasteiger partial charge in [-0.1, -0.05) is 25.3 Å². The molecule has 10 nitrogen and oxygen atoms in total. The number of aromatic nitrogens is 1. The summed E-state index contributed by atoms with van der Waals surface area (Å²) in [5.74, 6) is -0.185. The predicted octanol–water partition coefficient (Wildman–Crippen LogP) is 2.72. The van der Waals surface area contributed by atoms with Gasteiger partial charge in [-0.15, -0.1) is 0 Å². The van der Waals surface area contributed by atoms with E-state index in [4.69, 9.17) is 0 Å². The van der Waals surface area contributed by atoms with Crippen LogP contribution in [0.4, 0.5) is 16.2 Å². The summed E-state index contributed by atoms with van der Waals surface area (Å²) in [7, 11) is 0. The molecule has 1 aliphatic carbocycles. The zero-order valence-corrected chi connectivity index (χ0v) is 23.7. The number of fused-ring (bicyclic) bond motifs is 8. The largest absolute Gasteiger partial charge is 0.366 e. The molecule has 2 aromatic rings. The Morgan fingerprint density at radius 1 is 0.976 bits per heavy atom. The van der Waals surface area contributed by atoms with Gasteiger partial charge in [-0.25, -0.2) is 4.79 Å². The minimum atomic E-state index is -0.348. The van der Waals surface area contributed by atoms with Gasteiger partial charge < -0.3 is 30.7 Å². The standard InChI is InChI=1S/C31H40N6O4/c1-19(38)34-23-10-11-26-21(15-23)16-25(30(40)32-12-13-33-31(41)35-22-6-3-2-4-7-22)29-24-14-20(18-37(26)29)17-36-27(24)8-5-9-28(36)39/h5,8-11,15,20,22,24-25,29H,2-4,6-7,12-14,16-18H2,1H3,(H,32,40)(H,34,38)(H2,33,35,41)/t20-,24+,25?,29+/m0/s1. The van der Waals surface area contributed by atoms with E-state index < -0.39 is 0 Å². The number of benzene rings is 1. The molecule has 41 heavy (non-hydrogen) atoms. The Bertz CT molecular complexity index is 1380. The minimum absolute atomic E-state index is 0.0142. The molecule has 1 saturated carbocycles. The normalized spacial score (nSPS) is 24.8. The zero-order chi connectivity index (χ0) is 28.5. The molecule has 3 aliphatic heterocycles. The molecule has 2 bridgehead atoms. The number of carbonyl (C=O) groups is 3. The first kappa shape index (κ1) is 27.4. The highest BCUT2D eigenvalue weighted by Gasteiger charge is 2.49. The Hall–Kier alpha value is -3.82. The Balaban J connectivity index is 1.20. The summed E-state index contributed by atoms with van der Waals surface area (Å²) in [5, 5.41) is 11.9. The van der Waals surface area contributed by atoms with Gasteiger partial charge in [-0.2, -0.15) is 0 Å². The van der Waals surface area contributed by atoms with Crippen molar-refractivity contribution in [2.75, 3.05) is 29.9 Å². The Kier molecular flexibility index (Phi) is 7.73. The van der Waals surface area contributed by atoms with Gasteiger partial charge in [0.1, 0.15) is 0 Å². The average molecular weight is 561 g/mol. The fourth-order valence-electron chi connectivity index (χ4n) is 7.58. The van der Waals surface area contributed by atoms with Gasteiger partial charge in [-0.3, -0.25) is 14.4 Å².